The Morgan fingerprint density at radius 2 is 1.81 bits per heavy atom. The molecule has 0 atom stereocenters. The summed E-state index contributed by atoms with van der Waals surface area (Å²) in [5.74, 6) is 0.168. The topological polar surface area (TPSA) is 71.7 Å². The van der Waals surface area contributed by atoms with E-state index in [1.54, 1.807) is 36.0 Å². The van der Waals surface area contributed by atoms with Crippen molar-refractivity contribution < 1.29 is 14.4 Å². The monoisotopic (exact) mass is 453 g/mol. The highest BCUT2D eigenvalue weighted by Crippen LogP contribution is 2.23. The van der Waals surface area contributed by atoms with Crippen molar-refractivity contribution in [3.8, 4) is 0 Å². The molecule has 0 radical (unpaired) electrons. The van der Waals surface area contributed by atoms with E-state index >= 15 is 0 Å². The van der Waals surface area contributed by atoms with Crippen molar-refractivity contribution in [2.24, 2.45) is 4.99 Å². The number of anilines is 1. The smallest absolute Gasteiger partial charge is 0.279 e. The van der Waals surface area contributed by atoms with E-state index < -0.39 is 0 Å². The number of nitrogens with zero attached hydrogens (tertiary/aromatic N) is 3. The second-order valence-electron chi connectivity index (χ2n) is 7.27. The van der Waals surface area contributed by atoms with E-state index in [4.69, 9.17) is 0 Å². The van der Waals surface area contributed by atoms with Crippen LogP contribution in [0, 0.1) is 0 Å². The van der Waals surface area contributed by atoms with Crippen molar-refractivity contribution in [1.29, 1.82) is 0 Å². The van der Waals surface area contributed by atoms with Crippen LogP contribution in [-0.2, 0) is 22.6 Å². The lowest BCUT2D eigenvalue weighted by Crippen LogP contribution is -2.28. The number of carbonyl (C=O) groups excluding carboxylic acids is 3. The summed E-state index contributed by atoms with van der Waals surface area (Å²) in [7, 11) is 0. The Morgan fingerprint density at radius 3 is 2.45 bits per heavy atom. The summed E-state index contributed by atoms with van der Waals surface area (Å²) in [6, 6.07) is 12.9. The number of rotatable bonds is 6. The number of aryl methyl sites for hydroxylation is 2. The molecule has 1 fully saturated rings. The number of amides is 3. The minimum Gasteiger partial charge on any atom is -0.316 e. The van der Waals surface area contributed by atoms with Crippen LogP contribution in [0.3, 0.4) is 0 Å². The maximum Gasteiger partial charge on any atom is 0.279 e. The summed E-state index contributed by atoms with van der Waals surface area (Å²) < 4.78 is 3.22. The van der Waals surface area contributed by atoms with Crippen molar-refractivity contribution in [2.45, 2.75) is 32.7 Å². The van der Waals surface area contributed by atoms with E-state index in [9.17, 15) is 14.4 Å². The SMILES string of the molecule is CCc1ccc2c(c1)sc(=NC(=O)c1ccc(N3C(=O)CCC3=O)cc1)n2CCSC. The maximum atomic E-state index is 12.9. The van der Waals surface area contributed by atoms with Crippen molar-refractivity contribution in [3.05, 3.63) is 58.4 Å². The Hall–Kier alpha value is -2.71. The van der Waals surface area contributed by atoms with Crippen LogP contribution in [0.25, 0.3) is 10.2 Å². The number of benzene rings is 2. The van der Waals surface area contributed by atoms with Crippen LogP contribution in [0.4, 0.5) is 5.69 Å². The minimum atomic E-state index is -0.342. The summed E-state index contributed by atoms with van der Waals surface area (Å²) in [6.45, 7) is 2.90. The first kappa shape index (κ1) is 21.5. The predicted molar refractivity (Wildman–Crippen MR) is 126 cm³/mol. The third-order valence-electron chi connectivity index (χ3n) is 5.30. The molecule has 0 bridgehead atoms. The molecule has 6 nitrogen and oxygen atoms in total. The normalized spacial score (nSPS) is 14.8. The molecule has 3 aromatic rings. The van der Waals surface area contributed by atoms with Crippen LogP contribution >= 0.6 is 23.1 Å². The van der Waals surface area contributed by atoms with E-state index in [-0.39, 0.29) is 30.6 Å². The molecule has 160 valence electrons. The van der Waals surface area contributed by atoms with Gasteiger partial charge in [0.05, 0.1) is 15.9 Å². The fourth-order valence-corrected chi connectivity index (χ4v) is 5.07. The third-order valence-corrected chi connectivity index (χ3v) is 6.93. The number of fused-ring (bicyclic) bond motifs is 1. The lowest BCUT2D eigenvalue weighted by molar-refractivity contribution is -0.121. The molecule has 0 unspecified atom stereocenters. The first-order valence-electron chi connectivity index (χ1n) is 10.2. The third kappa shape index (κ3) is 4.36. The zero-order chi connectivity index (χ0) is 22.0. The largest absolute Gasteiger partial charge is 0.316 e. The van der Waals surface area contributed by atoms with E-state index in [2.05, 4.69) is 40.9 Å². The number of hydrogen-bond donors (Lipinski definition) is 0. The van der Waals surface area contributed by atoms with Crippen LogP contribution in [0.15, 0.2) is 47.5 Å². The van der Waals surface area contributed by atoms with Gasteiger partial charge in [0.1, 0.15) is 0 Å². The minimum absolute atomic E-state index is 0.208. The maximum absolute atomic E-state index is 12.9. The van der Waals surface area contributed by atoms with Gasteiger partial charge in [-0.25, -0.2) is 0 Å². The standard InChI is InChI=1S/C23H23N3O3S2/c1-3-15-4-9-18-19(14-15)31-23(25(18)12-13-30-2)24-22(29)16-5-7-17(8-6-16)26-20(27)10-11-21(26)28/h4-9,14H,3,10-13H2,1-2H3. The van der Waals surface area contributed by atoms with Gasteiger partial charge in [-0.3, -0.25) is 19.3 Å². The first-order chi connectivity index (χ1) is 15.0. The molecule has 4 rings (SSSR count). The highest BCUT2D eigenvalue weighted by molar-refractivity contribution is 7.98. The Bertz CT molecular complexity index is 1210. The number of imide groups is 1. The molecule has 1 aromatic heterocycles. The zero-order valence-electron chi connectivity index (χ0n) is 17.5. The average Bonchev–Trinajstić information content (AvgIpc) is 3.30. The molecule has 3 amide bonds. The van der Waals surface area contributed by atoms with Crippen LogP contribution in [-0.4, -0.2) is 34.3 Å². The lowest BCUT2D eigenvalue weighted by atomic mass is 10.2. The van der Waals surface area contributed by atoms with E-state index in [0.29, 0.717) is 16.1 Å². The van der Waals surface area contributed by atoms with Gasteiger partial charge >= 0.3 is 0 Å². The predicted octanol–water partition coefficient (Wildman–Crippen LogP) is 4.02. The van der Waals surface area contributed by atoms with Gasteiger partial charge in [-0.15, -0.1) is 0 Å². The second-order valence-corrected chi connectivity index (χ2v) is 9.27. The van der Waals surface area contributed by atoms with Gasteiger partial charge in [-0.2, -0.15) is 16.8 Å². The van der Waals surface area contributed by atoms with Crippen molar-refractivity contribution >= 4 is 56.7 Å². The quantitative estimate of drug-likeness (QED) is 0.529. The van der Waals surface area contributed by atoms with Gasteiger partial charge in [0.15, 0.2) is 4.80 Å². The molecule has 1 saturated heterocycles. The second kappa shape index (κ2) is 9.20. The Labute approximate surface area is 188 Å². The molecular formula is C23H23N3O3S2. The molecule has 31 heavy (non-hydrogen) atoms. The molecule has 1 aliphatic heterocycles. The molecule has 2 aromatic carbocycles. The number of thioether (sulfide) groups is 1. The highest BCUT2D eigenvalue weighted by atomic mass is 32.2. The Morgan fingerprint density at radius 1 is 1.10 bits per heavy atom. The number of hydrogen-bond acceptors (Lipinski definition) is 5. The first-order valence-corrected chi connectivity index (χ1v) is 12.4. The van der Waals surface area contributed by atoms with Gasteiger partial charge in [-0.1, -0.05) is 24.3 Å². The zero-order valence-corrected chi connectivity index (χ0v) is 19.1. The number of aromatic nitrogens is 1. The van der Waals surface area contributed by atoms with Crippen molar-refractivity contribution in [2.75, 3.05) is 16.9 Å². The van der Waals surface area contributed by atoms with E-state index in [1.165, 1.54) is 21.8 Å². The summed E-state index contributed by atoms with van der Waals surface area (Å²) in [4.78, 5) is 43.0. The summed E-state index contributed by atoms with van der Waals surface area (Å²) in [6.07, 6.45) is 3.48. The Kier molecular flexibility index (Phi) is 6.38. The molecule has 0 N–H and O–H groups in total. The van der Waals surface area contributed by atoms with Crippen LogP contribution in [0.1, 0.15) is 35.7 Å². The van der Waals surface area contributed by atoms with Gasteiger partial charge in [0.2, 0.25) is 11.8 Å². The molecular weight excluding hydrogens is 430 g/mol. The average molecular weight is 454 g/mol. The molecule has 0 spiro atoms. The van der Waals surface area contributed by atoms with Gasteiger partial charge in [-0.05, 0) is 54.6 Å². The fourth-order valence-electron chi connectivity index (χ4n) is 3.59. The van der Waals surface area contributed by atoms with Crippen LogP contribution in [0.2, 0.25) is 0 Å². The number of thiazole rings is 1. The molecule has 0 aliphatic carbocycles. The van der Waals surface area contributed by atoms with Gasteiger partial charge < -0.3 is 4.57 Å². The van der Waals surface area contributed by atoms with Crippen LogP contribution < -0.4 is 9.70 Å². The molecule has 2 heterocycles. The Balaban J connectivity index is 1.68. The molecule has 0 saturated carbocycles. The van der Waals surface area contributed by atoms with E-state index in [1.807, 2.05) is 0 Å². The molecule has 1 aliphatic rings. The van der Waals surface area contributed by atoms with Gasteiger partial charge in [0, 0.05) is 30.7 Å². The van der Waals surface area contributed by atoms with Crippen LogP contribution in [0.5, 0.6) is 0 Å². The summed E-state index contributed by atoms with van der Waals surface area (Å²) in [5, 5.41) is 0. The van der Waals surface area contributed by atoms with E-state index in [0.717, 1.165) is 28.9 Å². The summed E-state index contributed by atoms with van der Waals surface area (Å²) >= 11 is 3.27. The fraction of sp³-hybridized carbons (Fsp3) is 0.304. The highest BCUT2D eigenvalue weighted by Gasteiger charge is 2.30. The van der Waals surface area contributed by atoms with Crippen molar-refractivity contribution in [3.63, 3.8) is 0 Å². The molecule has 8 heteroatoms. The lowest BCUT2D eigenvalue weighted by Gasteiger charge is -2.13. The number of carbonyl (C=O) groups is 3. The van der Waals surface area contributed by atoms with Gasteiger partial charge in [0.25, 0.3) is 5.91 Å². The van der Waals surface area contributed by atoms with Crippen molar-refractivity contribution in [1.82, 2.24) is 4.57 Å². The summed E-state index contributed by atoms with van der Waals surface area (Å²) in [5.41, 5.74) is 3.26.